The van der Waals surface area contributed by atoms with E-state index in [1.165, 1.54) is 7.11 Å². The van der Waals surface area contributed by atoms with E-state index in [1.54, 1.807) is 0 Å². The molecule has 1 aromatic rings. The highest BCUT2D eigenvalue weighted by atomic mass is 16.5. The summed E-state index contributed by atoms with van der Waals surface area (Å²) in [4.78, 5) is 11.4. The molecule has 20 heavy (non-hydrogen) atoms. The van der Waals surface area contributed by atoms with E-state index < -0.39 is 0 Å². The van der Waals surface area contributed by atoms with Crippen LogP contribution in [-0.2, 0) is 21.4 Å². The summed E-state index contributed by atoms with van der Waals surface area (Å²) in [7, 11) is 1.41. The predicted molar refractivity (Wildman–Crippen MR) is 81.2 cm³/mol. The van der Waals surface area contributed by atoms with Crippen molar-refractivity contribution >= 4 is 5.97 Å². The molecule has 0 saturated carbocycles. The van der Waals surface area contributed by atoms with Crippen molar-refractivity contribution in [1.82, 2.24) is 0 Å². The van der Waals surface area contributed by atoms with Gasteiger partial charge in [0.1, 0.15) is 5.75 Å². The minimum absolute atomic E-state index is 0.0293. The highest BCUT2D eigenvalue weighted by molar-refractivity contribution is 5.72. The monoisotopic (exact) mass is 278 g/mol. The molecule has 0 atom stereocenters. The van der Waals surface area contributed by atoms with E-state index in [4.69, 9.17) is 9.47 Å². The van der Waals surface area contributed by atoms with Crippen molar-refractivity contribution in [2.75, 3.05) is 13.7 Å². The summed E-state index contributed by atoms with van der Waals surface area (Å²) in [5, 5.41) is 0. The Balaban J connectivity index is 3.04. The molecule has 1 aromatic carbocycles. The van der Waals surface area contributed by atoms with Crippen molar-refractivity contribution < 1.29 is 14.3 Å². The molecule has 3 nitrogen and oxygen atoms in total. The number of hydrogen-bond acceptors (Lipinski definition) is 3. The van der Waals surface area contributed by atoms with Gasteiger partial charge >= 0.3 is 5.97 Å². The van der Waals surface area contributed by atoms with Gasteiger partial charge in [-0.25, -0.2) is 0 Å². The van der Waals surface area contributed by atoms with Crippen LogP contribution in [0.4, 0.5) is 0 Å². The van der Waals surface area contributed by atoms with E-state index in [9.17, 15) is 4.79 Å². The molecule has 0 heterocycles. The maximum absolute atomic E-state index is 11.4. The molecule has 0 bridgehead atoms. The number of carbonyl (C=O) groups is 1. The minimum Gasteiger partial charge on any atom is -0.493 e. The number of carbonyl (C=O) groups excluding carboxylic acids is 1. The minimum atomic E-state index is -0.222. The van der Waals surface area contributed by atoms with Crippen LogP contribution in [0.3, 0.4) is 0 Å². The molecule has 0 N–H and O–H groups in total. The Kier molecular flexibility index (Phi) is 5.61. The van der Waals surface area contributed by atoms with Crippen LogP contribution in [0.15, 0.2) is 18.2 Å². The molecule has 112 valence electrons. The summed E-state index contributed by atoms with van der Waals surface area (Å²) < 4.78 is 10.6. The van der Waals surface area contributed by atoms with Gasteiger partial charge in [-0.05, 0) is 28.5 Å². The van der Waals surface area contributed by atoms with Crippen LogP contribution in [-0.4, -0.2) is 19.7 Å². The molecule has 3 heteroatoms. The third kappa shape index (κ3) is 4.87. The third-order valence-electron chi connectivity index (χ3n) is 3.00. The molecule has 1 rings (SSSR count). The van der Waals surface area contributed by atoms with E-state index >= 15 is 0 Å². The van der Waals surface area contributed by atoms with Crippen LogP contribution in [0.2, 0.25) is 0 Å². The summed E-state index contributed by atoms with van der Waals surface area (Å²) in [6.07, 6.45) is 0.296. The van der Waals surface area contributed by atoms with Crippen molar-refractivity contribution in [1.29, 1.82) is 0 Å². The van der Waals surface area contributed by atoms with E-state index in [0.717, 1.165) is 16.9 Å². The molecule has 0 saturated heterocycles. The molecule has 0 radical (unpaired) electrons. The van der Waals surface area contributed by atoms with Crippen molar-refractivity contribution in [3.63, 3.8) is 0 Å². The Hall–Kier alpha value is -1.51. The highest BCUT2D eigenvalue weighted by Gasteiger charge is 2.20. The summed E-state index contributed by atoms with van der Waals surface area (Å²) in [6, 6.07) is 5.94. The fourth-order valence-corrected chi connectivity index (χ4v) is 1.89. The lowest BCUT2D eigenvalue weighted by Crippen LogP contribution is -2.16. The first-order valence-corrected chi connectivity index (χ1v) is 7.07. The number of hydrogen-bond donors (Lipinski definition) is 0. The topological polar surface area (TPSA) is 35.5 Å². The molecule has 0 aliphatic heterocycles. The standard InChI is InChI=1S/C17H26O3/c1-12(2)11-20-15-8-7-13(10-16(18)19-6)9-14(15)17(3,4)5/h7-9,12H,10-11H2,1-6H3. The Morgan fingerprint density at radius 1 is 1.25 bits per heavy atom. The van der Waals surface area contributed by atoms with Crippen LogP contribution in [0.1, 0.15) is 45.7 Å². The maximum Gasteiger partial charge on any atom is 0.309 e. The Morgan fingerprint density at radius 3 is 2.40 bits per heavy atom. The van der Waals surface area contributed by atoms with Crippen LogP contribution in [0.5, 0.6) is 5.75 Å². The quantitative estimate of drug-likeness (QED) is 0.770. The van der Waals surface area contributed by atoms with Gasteiger partial charge in [0.2, 0.25) is 0 Å². The van der Waals surface area contributed by atoms with Crippen LogP contribution >= 0.6 is 0 Å². The summed E-state index contributed by atoms with van der Waals surface area (Å²) >= 11 is 0. The lowest BCUT2D eigenvalue weighted by molar-refractivity contribution is -0.139. The van der Waals surface area contributed by atoms with Gasteiger partial charge < -0.3 is 9.47 Å². The van der Waals surface area contributed by atoms with Gasteiger partial charge in [-0.1, -0.05) is 46.8 Å². The molecule has 0 aliphatic carbocycles. The van der Waals surface area contributed by atoms with Gasteiger partial charge in [0.25, 0.3) is 0 Å². The normalized spacial score (nSPS) is 11.6. The Labute approximate surface area is 122 Å². The first kappa shape index (κ1) is 16.5. The van der Waals surface area contributed by atoms with Gasteiger partial charge in [-0.2, -0.15) is 0 Å². The van der Waals surface area contributed by atoms with Gasteiger partial charge in [-0.15, -0.1) is 0 Å². The Bertz CT molecular complexity index is 456. The lowest BCUT2D eigenvalue weighted by atomic mass is 9.85. The molecule has 0 fully saturated rings. The number of rotatable bonds is 5. The summed E-state index contributed by atoms with van der Waals surface area (Å²) in [5.74, 6) is 1.16. The number of benzene rings is 1. The van der Waals surface area contributed by atoms with Crippen molar-refractivity contribution in [2.24, 2.45) is 5.92 Å². The second-order valence-corrected chi connectivity index (χ2v) is 6.54. The van der Waals surface area contributed by atoms with E-state index in [2.05, 4.69) is 34.6 Å². The Morgan fingerprint density at radius 2 is 1.90 bits per heavy atom. The average Bonchev–Trinajstić information content (AvgIpc) is 2.35. The van der Waals surface area contributed by atoms with Gasteiger partial charge in [0.15, 0.2) is 0 Å². The molecule has 0 aliphatic rings. The van der Waals surface area contributed by atoms with Gasteiger partial charge in [0, 0.05) is 0 Å². The first-order valence-electron chi connectivity index (χ1n) is 7.07. The lowest BCUT2D eigenvalue weighted by Gasteiger charge is -2.24. The molecular formula is C17H26O3. The molecule has 0 unspecified atom stereocenters. The molecule has 0 amide bonds. The summed E-state index contributed by atoms with van der Waals surface area (Å²) in [6.45, 7) is 11.4. The van der Waals surface area contributed by atoms with Gasteiger partial charge in [-0.3, -0.25) is 4.79 Å². The van der Waals surface area contributed by atoms with E-state index in [1.807, 2.05) is 18.2 Å². The van der Waals surface area contributed by atoms with Crippen LogP contribution in [0, 0.1) is 5.92 Å². The first-order chi connectivity index (χ1) is 9.24. The largest absolute Gasteiger partial charge is 0.493 e. The zero-order chi connectivity index (χ0) is 15.3. The smallest absolute Gasteiger partial charge is 0.309 e. The van der Waals surface area contributed by atoms with Crippen molar-refractivity contribution in [2.45, 2.75) is 46.5 Å². The van der Waals surface area contributed by atoms with Crippen molar-refractivity contribution in [3.8, 4) is 5.75 Å². The maximum atomic E-state index is 11.4. The SMILES string of the molecule is COC(=O)Cc1ccc(OCC(C)C)c(C(C)(C)C)c1. The van der Waals surface area contributed by atoms with Crippen LogP contribution < -0.4 is 4.74 Å². The fraction of sp³-hybridized carbons (Fsp3) is 0.588. The van der Waals surface area contributed by atoms with E-state index in [-0.39, 0.29) is 11.4 Å². The number of esters is 1. The second kappa shape index (κ2) is 6.78. The average molecular weight is 278 g/mol. The molecule has 0 spiro atoms. The predicted octanol–water partition coefficient (Wildman–Crippen LogP) is 3.73. The van der Waals surface area contributed by atoms with Crippen LogP contribution in [0.25, 0.3) is 0 Å². The van der Waals surface area contributed by atoms with Gasteiger partial charge in [0.05, 0.1) is 20.1 Å². The zero-order valence-corrected chi connectivity index (χ0v) is 13.4. The molecular weight excluding hydrogens is 252 g/mol. The molecule has 0 aromatic heterocycles. The van der Waals surface area contributed by atoms with E-state index in [0.29, 0.717) is 18.9 Å². The second-order valence-electron chi connectivity index (χ2n) is 6.54. The summed E-state index contributed by atoms with van der Waals surface area (Å²) in [5.41, 5.74) is 2.05. The highest BCUT2D eigenvalue weighted by Crippen LogP contribution is 2.32. The number of methoxy groups -OCH3 is 1. The number of ether oxygens (including phenoxy) is 2. The fourth-order valence-electron chi connectivity index (χ4n) is 1.89. The zero-order valence-electron chi connectivity index (χ0n) is 13.4. The third-order valence-corrected chi connectivity index (χ3v) is 3.00. The van der Waals surface area contributed by atoms with Crippen molar-refractivity contribution in [3.05, 3.63) is 29.3 Å².